The van der Waals surface area contributed by atoms with Gasteiger partial charge in [0.1, 0.15) is 5.75 Å². The minimum atomic E-state index is -0.730. The quantitative estimate of drug-likeness (QED) is 0.690. The van der Waals surface area contributed by atoms with Gasteiger partial charge in [0, 0.05) is 25.7 Å². The van der Waals surface area contributed by atoms with Crippen molar-refractivity contribution < 1.29 is 19.1 Å². The molecule has 1 aromatic heterocycles. The lowest BCUT2D eigenvalue weighted by Crippen LogP contribution is -2.51. The van der Waals surface area contributed by atoms with Gasteiger partial charge in [-0.15, -0.1) is 0 Å². The summed E-state index contributed by atoms with van der Waals surface area (Å²) in [7, 11) is 1.63. The first kappa shape index (κ1) is 20.9. The van der Waals surface area contributed by atoms with Crippen LogP contribution in [-0.4, -0.2) is 53.8 Å². The van der Waals surface area contributed by atoms with Crippen LogP contribution in [0.5, 0.6) is 5.75 Å². The van der Waals surface area contributed by atoms with Crippen LogP contribution in [0.25, 0.3) is 0 Å². The number of hydrogen-bond donors (Lipinski definition) is 1. The van der Waals surface area contributed by atoms with Gasteiger partial charge < -0.3 is 14.4 Å². The van der Waals surface area contributed by atoms with Crippen molar-refractivity contribution in [3.63, 3.8) is 0 Å². The summed E-state index contributed by atoms with van der Waals surface area (Å²) in [6.07, 6.45) is 6.57. The lowest BCUT2D eigenvalue weighted by molar-refractivity contribution is -0.160. The number of aromatic nitrogens is 2. The van der Waals surface area contributed by atoms with Crippen LogP contribution in [0.4, 0.5) is 0 Å². The van der Waals surface area contributed by atoms with Crippen LogP contribution in [0.1, 0.15) is 37.3 Å². The molecule has 2 heterocycles. The normalized spacial score (nSPS) is 19.0. The van der Waals surface area contributed by atoms with Crippen LogP contribution in [0.15, 0.2) is 36.7 Å². The molecule has 0 bridgehead atoms. The highest BCUT2D eigenvalue weighted by Crippen LogP contribution is 2.36. The summed E-state index contributed by atoms with van der Waals surface area (Å²) in [6.45, 7) is 3.19. The second-order valence-corrected chi connectivity index (χ2v) is 7.55. The standard InChI is InChI=1S/C22H29N3O4/c1-3-29-21(27)22(13-17-6-4-7-19(12-17)28-2)10-5-11-25(16-22)20(26)9-8-18-14-23-24-15-18/h4,6-7,12,14-15H,3,5,8-11,13,16H2,1-2H3,(H,23,24)/t22-/m0/s1. The van der Waals surface area contributed by atoms with Gasteiger partial charge >= 0.3 is 5.97 Å². The Hall–Kier alpha value is -2.83. The Bertz CT molecular complexity index is 821. The van der Waals surface area contributed by atoms with Crippen molar-refractivity contribution >= 4 is 11.9 Å². The molecule has 1 fully saturated rings. The smallest absolute Gasteiger partial charge is 0.314 e. The summed E-state index contributed by atoms with van der Waals surface area (Å²) < 4.78 is 10.8. The van der Waals surface area contributed by atoms with Gasteiger partial charge in [-0.25, -0.2) is 0 Å². The average molecular weight is 399 g/mol. The fraction of sp³-hybridized carbons (Fsp3) is 0.500. The molecule has 0 radical (unpaired) electrons. The first-order valence-corrected chi connectivity index (χ1v) is 10.1. The molecule has 7 nitrogen and oxygen atoms in total. The number of piperidine rings is 1. The maximum atomic E-state index is 13.0. The molecule has 7 heteroatoms. The lowest BCUT2D eigenvalue weighted by atomic mass is 9.75. The molecule has 1 aromatic carbocycles. The molecule has 1 N–H and O–H groups in total. The SMILES string of the molecule is CCOC(=O)[C@]1(Cc2cccc(OC)c2)CCCN(C(=O)CCc2cn[nH]c2)C1. The van der Waals surface area contributed by atoms with E-state index in [-0.39, 0.29) is 11.9 Å². The number of nitrogens with one attached hydrogen (secondary N) is 1. The van der Waals surface area contributed by atoms with Crippen LogP contribution < -0.4 is 4.74 Å². The third-order valence-corrected chi connectivity index (χ3v) is 5.50. The Morgan fingerprint density at radius 2 is 2.17 bits per heavy atom. The highest BCUT2D eigenvalue weighted by Gasteiger charge is 2.44. The highest BCUT2D eigenvalue weighted by molar-refractivity contribution is 5.81. The number of carbonyl (C=O) groups excluding carboxylic acids is 2. The van der Waals surface area contributed by atoms with E-state index >= 15 is 0 Å². The van der Waals surface area contributed by atoms with Crippen LogP contribution in [0, 0.1) is 5.41 Å². The van der Waals surface area contributed by atoms with Gasteiger partial charge in [0.15, 0.2) is 0 Å². The Labute approximate surface area is 171 Å². The van der Waals surface area contributed by atoms with Gasteiger partial charge in [0.25, 0.3) is 0 Å². The number of rotatable bonds is 8. The van der Waals surface area contributed by atoms with Crippen molar-refractivity contribution in [2.45, 2.75) is 39.0 Å². The van der Waals surface area contributed by atoms with E-state index in [1.54, 1.807) is 19.5 Å². The van der Waals surface area contributed by atoms with E-state index in [2.05, 4.69) is 10.2 Å². The summed E-state index contributed by atoms with van der Waals surface area (Å²) in [5, 5.41) is 6.68. The topological polar surface area (TPSA) is 84.5 Å². The third kappa shape index (κ3) is 5.16. The largest absolute Gasteiger partial charge is 0.497 e. The van der Waals surface area contributed by atoms with Crippen LogP contribution in [-0.2, 0) is 27.2 Å². The number of likely N-dealkylation sites (tertiary alicyclic amines) is 1. The van der Waals surface area contributed by atoms with Crippen molar-refractivity contribution in [1.29, 1.82) is 0 Å². The Balaban J connectivity index is 1.75. The molecule has 1 saturated heterocycles. The van der Waals surface area contributed by atoms with Gasteiger partial charge in [-0.3, -0.25) is 14.7 Å². The van der Waals surface area contributed by atoms with E-state index in [1.807, 2.05) is 36.1 Å². The zero-order valence-electron chi connectivity index (χ0n) is 17.1. The van der Waals surface area contributed by atoms with Gasteiger partial charge in [-0.2, -0.15) is 5.10 Å². The van der Waals surface area contributed by atoms with Crippen molar-refractivity contribution in [2.75, 3.05) is 26.8 Å². The van der Waals surface area contributed by atoms with Crippen LogP contribution in [0.2, 0.25) is 0 Å². The molecule has 1 aliphatic rings. The minimum Gasteiger partial charge on any atom is -0.497 e. The number of hydrogen-bond acceptors (Lipinski definition) is 5. The van der Waals surface area contributed by atoms with Gasteiger partial charge in [-0.05, 0) is 55.9 Å². The monoisotopic (exact) mass is 399 g/mol. The zero-order chi connectivity index (χ0) is 20.7. The molecule has 29 heavy (non-hydrogen) atoms. The maximum Gasteiger partial charge on any atom is 0.314 e. The molecule has 1 amide bonds. The van der Waals surface area contributed by atoms with E-state index in [0.717, 1.165) is 23.3 Å². The number of carbonyl (C=O) groups is 2. The van der Waals surface area contributed by atoms with Crippen molar-refractivity contribution in [3.05, 3.63) is 47.8 Å². The maximum absolute atomic E-state index is 13.0. The van der Waals surface area contributed by atoms with Crippen LogP contribution in [0.3, 0.4) is 0 Å². The fourth-order valence-corrected chi connectivity index (χ4v) is 4.01. The number of aromatic amines is 1. The van der Waals surface area contributed by atoms with Gasteiger partial charge in [-0.1, -0.05) is 12.1 Å². The Kier molecular flexibility index (Phi) is 6.90. The third-order valence-electron chi connectivity index (χ3n) is 5.50. The summed E-state index contributed by atoms with van der Waals surface area (Å²) in [4.78, 5) is 27.6. The van der Waals surface area contributed by atoms with E-state index in [0.29, 0.717) is 45.4 Å². The molecule has 1 atom stereocenters. The molecule has 0 saturated carbocycles. The predicted molar refractivity (Wildman–Crippen MR) is 108 cm³/mol. The van der Waals surface area contributed by atoms with E-state index < -0.39 is 5.41 Å². The number of nitrogens with zero attached hydrogens (tertiary/aromatic N) is 2. The van der Waals surface area contributed by atoms with E-state index in [4.69, 9.17) is 9.47 Å². The molecule has 0 unspecified atom stereocenters. The number of benzene rings is 1. The Morgan fingerprint density at radius 3 is 2.90 bits per heavy atom. The first-order valence-electron chi connectivity index (χ1n) is 10.1. The fourth-order valence-electron chi connectivity index (χ4n) is 4.01. The summed E-state index contributed by atoms with van der Waals surface area (Å²) in [5.74, 6) is 0.589. The molecule has 156 valence electrons. The van der Waals surface area contributed by atoms with Gasteiger partial charge in [0.2, 0.25) is 5.91 Å². The second kappa shape index (κ2) is 9.58. The number of ether oxygens (including phenoxy) is 2. The molecule has 0 aliphatic carbocycles. The number of esters is 1. The van der Waals surface area contributed by atoms with E-state index in [9.17, 15) is 9.59 Å². The molecular weight excluding hydrogens is 370 g/mol. The molecule has 2 aromatic rings. The number of methoxy groups -OCH3 is 1. The number of amides is 1. The predicted octanol–water partition coefficient (Wildman–Crippen LogP) is 2.77. The minimum absolute atomic E-state index is 0.0604. The molecule has 3 rings (SSSR count). The number of aryl methyl sites for hydroxylation is 1. The summed E-state index contributed by atoms with van der Waals surface area (Å²) in [5.41, 5.74) is 1.28. The second-order valence-electron chi connectivity index (χ2n) is 7.55. The molecule has 1 aliphatic heterocycles. The summed E-state index contributed by atoms with van der Waals surface area (Å²) >= 11 is 0. The average Bonchev–Trinajstić information content (AvgIpc) is 3.26. The van der Waals surface area contributed by atoms with Gasteiger partial charge in [0.05, 0.1) is 25.3 Å². The zero-order valence-corrected chi connectivity index (χ0v) is 17.1. The Morgan fingerprint density at radius 1 is 1.31 bits per heavy atom. The molecular formula is C22H29N3O4. The van der Waals surface area contributed by atoms with Crippen molar-refractivity contribution in [1.82, 2.24) is 15.1 Å². The van der Waals surface area contributed by atoms with Crippen LogP contribution >= 0.6 is 0 Å². The first-order chi connectivity index (χ1) is 14.1. The van der Waals surface area contributed by atoms with E-state index in [1.165, 1.54) is 0 Å². The summed E-state index contributed by atoms with van der Waals surface area (Å²) in [6, 6.07) is 7.74. The van der Waals surface area contributed by atoms with Crippen molar-refractivity contribution in [2.24, 2.45) is 5.41 Å². The lowest BCUT2D eigenvalue weighted by Gasteiger charge is -2.41. The number of H-pyrrole nitrogens is 1. The highest BCUT2D eigenvalue weighted by atomic mass is 16.5. The molecule has 0 spiro atoms. The van der Waals surface area contributed by atoms with Crippen molar-refractivity contribution in [3.8, 4) is 5.75 Å².